The SMILES string of the molecule is CC1(C)CC(OC(=O)c2cccc(C(=O)OC3CC(C)(C)N(O)C(C)(C)C3)c2)CC(C)(C)N1O. The van der Waals surface area contributed by atoms with Gasteiger partial charge in [0.15, 0.2) is 0 Å². The molecule has 8 heteroatoms. The van der Waals surface area contributed by atoms with Crippen LogP contribution in [-0.4, -0.2) is 66.8 Å². The maximum Gasteiger partial charge on any atom is 0.338 e. The Morgan fingerprint density at radius 3 is 1.29 bits per heavy atom. The summed E-state index contributed by atoms with van der Waals surface area (Å²) in [6.07, 6.45) is 1.27. The van der Waals surface area contributed by atoms with Crippen LogP contribution in [0.5, 0.6) is 0 Å². The molecule has 2 aliphatic rings. The maximum absolute atomic E-state index is 12.9. The first kappa shape index (κ1) is 26.6. The van der Waals surface area contributed by atoms with Gasteiger partial charge in [-0.3, -0.25) is 0 Å². The van der Waals surface area contributed by atoms with Crippen molar-refractivity contribution in [3.63, 3.8) is 0 Å². The molecule has 2 aliphatic heterocycles. The highest BCUT2D eigenvalue weighted by atomic mass is 16.6. The summed E-state index contributed by atoms with van der Waals surface area (Å²) in [6, 6.07) is 6.38. The number of hydroxylamine groups is 4. The molecule has 2 fully saturated rings. The molecule has 0 aromatic heterocycles. The van der Waals surface area contributed by atoms with E-state index in [2.05, 4.69) is 0 Å². The van der Waals surface area contributed by atoms with Crippen LogP contribution in [0.15, 0.2) is 24.3 Å². The summed E-state index contributed by atoms with van der Waals surface area (Å²) in [5, 5.41) is 23.6. The Morgan fingerprint density at radius 1 is 0.706 bits per heavy atom. The Morgan fingerprint density at radius 2 is 1.00 bits per heavy atom. The molecule has 190 valence electrons. The van der Waals surface area contributed by atoms with Crippen molar-refractivity contribution in [3.05, 3.63) is 35.4 Å². The fourth-order valence-electron chi connectivity index (χ4n) is 5.74. The van der Waals surface area contributed by atoms with Crippen LogP contribution in [0.1, 0.15) is 102 Å². The summed E-state index contributed by atoms with van der Waals surface area (Å²) < 4.78 is 11.6. The Hall–Kier alpha value is -2.00. The van der Waals surface area contributed by atoms with Gasteiger partial charge in [-0.2, -0.15) is 10.1 Å². The van der Waals surface area contributed by atoms with E-state index in [9.17, 15) is 20.0 Å². The first-order chi connectivity index (χ1) is 15.4. The van der Waals surface area contributed by atoms with Crippen LogP contribution in [0, 0.1) is 0 Å². The van der Waals surface area contributed by atoms with E-state index in [0.29, 0.717) is 25.7 Å². The molecule has 0 saturated carbocycles. The molecule has 2 heterocycles. The number of ether oxygens (including phenoxy) is 2. The van der Waals surface area contributed by atoms with Gasteiger partial charge in [0.05, 0.1) is 11.1 Å². The van der Waals surface area contributed by atoms with E-state index < -0.39 is 34.1 Å². The van der Waals surface area contributed by atoms with Gasteiger partial charge in [-0.15, -0.1) is 0 Å². The van der Waals surface area contributed by atoms with E-state index in [1.165, 1.54) is 16.2 Å². The van der Waals surface area contributed by atoms with Gasteiger partial charge in [-0.05, 0) is 73.6 Å². The molecule has 0 amide bonds. The molecule has 1 aromatic carbocycles. The molecule has 0 bridgehead atoms. The third-order valence-corrected chi connectivity index (χ3v) is 7.08. The maximum atomic E-state index is 12.9. The van der Waals surface area contributed by atoms with E-state index in [-0.39, 0.29) is 23.3 Å². The van der Waals surface area contributed by atoms with Crippen molar-refractivity contribution in [3.8, 4) is 0 Å². The minimum Gasteiger partial charge on any atom is -0.459 e. The van der Waals surface area contributed by atoms with Gasteiger partial charge in [-0.25, -0.2) is 9.59 Å². The second-order valence-electron chi connectivity index (χ2n) is 12.3. The third-order valence-electron chi connectivity index (χ3n) is 7.08. The Kier molecular flexibility index (Phi) is 6.96. The predicted molar refractivity (Wildman–Crippen MR) is 127 cm³/mol. The number of hydrogen-bond acceptors (Lipinski definition) is 8. The first-order valence-electron chi connectivity index (χ1n) is 12.0. The number of carbonyl (C=O) groups excluding carboxylic acids is 2. The van der Waals surface area contributed by atoms with Crippen LogP contribution < -0.4 is 0 Å². The monoisotopic (exact) mass is 476 g/mol. The quantitative estimate of drug-likeness (QED) is 0.597. The fourth-order valence-corrected chi connectivity index (χ4v) is 5.74. The van der Waals surface area contributed by atoms with Crippen LogP contribution in [0.25, 0.3) is 0 Å². The zero-order chi connectivity index (χ0) is 25.7. The molecular formula is C26H40N2O6. The normalized spacial score (nSPS) is 25.0. The summed E-state index contributed by atoms with van der Waals surface area (Å²) in [5.74, 6) is -1.01. The van der Waals surface area contributed by atoms with Crippen molar-refractivity contribution in [2.45, 2.75) is 115 Å². The van der Waals surface area contributed by atoms with Gasteiger partial charge in [-0.1, -0.05) is 6.07 Å². The van der Waals surface area contributed by atoms with Gasteiger partial charge >= 0.3 is 11.9 Å². The summed E-state index contributed by atoms with van der Waals surface area (Å²) in [4.78, 5) is 25.8. The number of carbonyl (C=O) groups is 2. The Balaban J connectivity index is 1.69. The molecule has 0 radical (unpaired) electrons. The van der Waals surface area contributed by atoms with E-state index in [1.54, 1.807) is 18.2 Å². The average Bonchev–Trinajstić information content (AvgIpc) is 2.69. The predicted octanol–water partition coefficient (Wildman–Crippen LogP) is 4.82. The number of rotatable bonds is 4. The van der Waals surface area contributed by atoms with Crippen molar-refractivity contribution in [1.29, 1.82) is 0 Å². The number of hydrogen-bond donors (Lipinski definition) is 2. The Labute approximate surface area is 202 Å². The highest BCUT2D eigenvalue weighted by molar-refractivity contribution is 5.95. The molecule has 34 heavy (non-hydrogen) atoms. The molecule has 1 aromatic rings. The molecule has 2 N–H and O–H groups in total. The average molecular weight is 477 g/mol. The lowest BCUT2D eigenvalue weighted by Crippen LogP contribution is -2.60. The lowest BCUT2D eigenvalue weighted by Gasteiger charge is -2.50. The zero-order valence-electron chi connectivity index (χ0n) is 21.7. The highest BCUT2D eigenvalue weighted by Gasteiger charge is 2.47. The largest absolute Gasteiger partial charge is 0.459 e. The molecule has 0 aliphatic carbocycles. The summed E-state index contributed by atoms with van der Waals surface area (Å²) >= 11 is 0. The van der Waals surface area contributed by atoms with Crippen molar-refractivity contribution in [2.75, 3.05) is 0 Å². The smallest absolute Gasteiger partial charge is 0.338 e. The van der Waals surface area contributed by atoms with Gasteiger partial charge in [0.25, 0.3) is 0 Å². The zero-order valence-corrected chi connectivity index (χ0v) is 21.7. The third kappa shape index (κ3) is 5.46. The van der Waals surface area contributed by atoms with Crippen molar-refractivity contribution < 1.29 is 29.5 Å². The van der Waals surface area contributed by atoms with E-state index in [0.717, 1.165) is 0 Å². The van der Waals surface area contributed by atoms with Crippen LogP contribution in [0.4, 0.5) is 0 Å². The highest BCUT2D eigenvalue weighted by Crippen LogP contribution is 2.39. The second kappa shape index (κ2) is 8.90. The molecular weight excluding hydrogens is 436 g/mol. The van der Waals surface area contributed by atoms with Gasteiger partial charge < -0.3 is 19.9 Å². The lowest BCUT2D eigenvalue weighted by molar-refractivity contribution is -0.256. The molecule has 8 nitrogen and oxygen atoms in total. The van der Waals surface area contributed by atoms with E-state index in [1.807, 2.05) is 55.4 Å². The Bertz CT molecular complexity index is 832. The summed E-state index contributed by atoms with van der Waals surface area (Å²) in [7, 11) is 0. The van der Waals surface area contributed by atoms with Gasteiger partial charge in [0.1, 0.15) is 12.2 Å². The number of piperidine rings is 2. The van der Waals surface area contributed by atoms with Crippen molar-refractivity contribution >= 4 is 11.9 Å². The number of benzene rings is 1. The van der Waals surface area contributed by atoms with Crippen LogP contribution in [0.2, 0.25) is 0 Å². The number of esters is 2. The number of nitrogens with zero attached hydrogens (tertiary/aromatic N) is 2. The minimum atomic E-state index is -0.538. The van der Waals surface area contributed by atoms with E-state index >= 15 is 0 Å². The van der Waals surface area contributed by atoms with Gasteiger partial charge in [0.2, 0.25) is 0 Å². The van der Waals surface area contributed by atoms with Crippen molar-refractivity contribution in [1.82, 2.24) is 10.1 Å². The van der Waals surface area contributed by atoms with Gasteiger partial charge in [0, 0.05) is 47.8 Å². The lowest BCUT2D eigenvalue weighted by atomic mass is 9.80. The first-order valence-corrected chi connectivity index (χ1v) is 12.0. The minimum absolute atomic E-state index is 0.280. The summed E-state index contributed by atoms with van der Waals surface area (Å²) in [6.45, 7) is 15.3. The topological polar surface area (TPSA) is 99.5 Å². The standard InChI is InChI=1S/C26H40N2O6/c1-23(2)13-19(14-24(3,4)27(23)31)33-21(29)17-10-9-11-18(12-17)22(30)34-20-15-25(5,6)28(32)26(7,8)16-20/h9-12,19-20,31-32H,13-16H2,1-8H3. The molecule has 0 atom stereocenters. The summed E-state index contributed by atoms with van der Waals surface area (Å²) in [5.41, 5.74) is -1.59. The fraction of sp³-hybridized carbons (Fsp3) is 0.692. The van der Waals surface area contributed by atoms with Crippen LogP contribution in [-0.2, 0) is 9.47 Å². The molecule has 0 spiro atoms. The second-order valence-corrected chi connectivity index (χ2v) is 12.3. The van der Waals surface area contributed by atoms with E-state index in [4.69, 9.17) is 9.47 Å². The molecule has 2 saturated heterocycles. The van der Waals surface area contributed by atoms with Crippen LogP contribution in [0.3, 0.4) is 0 Å². The molecule has 3 rings (SSSR count). The van der Waals surface area contributed by atoms with Crippen LogP contribution >= 0.6 is 0 Å². The van der Waals surface area contributed by atoms with Crippen molar-refractivity contribution in [2.24, 2.45) is 0 Å². The molecule has 0 unspecified atom stereocenters.